The van der Waals surface area contributed by atoms with Crippen molar-refractivity contribution in [3.63, 3.8) is 0 Å². The van der Waals surface area contributed by atoms with Gasteiger partial charge in [0, 0.05) is 31.5 Å². The molecule has 30 heavy (non-hydrogen) atoms. The number of nitrogens with one attached hydrogen (secondary N) is 3. The fourth-order valence-corrected chi connectivity index (χ4v) is 4.11. The molecule has 0 aliphatic carbocycles. The van der Waals surface area contributed by atoms with E-state index in [2.05, 4.69) is 21.2 Å². The summed E-state index contributed by atoms with van der Waals surface area (Å²) in [5, 5.41) is 2.95. The van der Waals surface area contributed by atoms with Crippen molar-refractivity contribution in [2.75, 3.05) is 25.5 Å². The molecule has 2 aliphatic rings. The molecule has 8 heteroatoms. The second-order valence-corrected chi connectivity index (χ2v) is 7.73. The molecule has 3 unspecified atom stereocenters. The van der Waals surface area contributed by atoms with Gasteiger partial charge >= 0.3 is 0 Å². The van der Waals surface area contributed by atoms with Gasteiger partial charge in [-0.3, -0.25) is 14.6 Å². The molecular weight excluding hydrogens is 382 g/mol. The maximum atomic E-state index is 13.1. The van der Waals surface area contributed by atoms with E-state index in [1.54, 1.807) is 18.2 Å². The Morgan fingerprint density at radius 2 is 2.07 bits per heavy atom. The summed E-state index contributed by atoms with van der Waals surface area (Å²) in [5.41, 5.74) is 8.00. The van der Waals surface area contributed by atoms with E-state index in [-0.39, 0.29) is 29.8 Å². The van der Waals surface area contributed by atoms with E-state index in [4.69, 9.17) is 4.74 Å². The van der Waals surface area contributed by atoms with Crippen molar-refractivity contribution in [2.45, 2.75) is 31.3 Å². The number of hydrogen-bond acceptors (Lipinski definition) is 6. The lowest BCUT2D eigenvalue weighted by atomic mass is 9.95. The molecule has 3 heterocycles. The number of ether oxygens (including phenoxy) is 1. The molecule has 8 nitrogen and oxygen atoms in total. The van der Waals surface area contributed by atoms with Gasteiger partial charge in [-0.1, -0.05) is 18.2 Å². The average molecular weight is 409 g/mol. The van der Waals surface area contributed by atoms with Crippen molar-refractivity contribution in [3.8, 4) is 5.75 Å². The lowest BCUT2D eigenvalue weighted by molar-refractivity contribution is -0.136. The van der Waals surface area contributed by atoms with E-state index in [1.165, 1.54) is 0 Å². The molecule has 2 fully saturated rings. The van der Waals surface area contributed by atoms with E-state index < -0.39 is 0 Å². The van der Waals surface area contributed by atoms with Crippen LogP contribution in [0.4, 0.5) is 5.69 Å². The van der Waals surface area contributed by atoms with E-state index >= 15 is 0 Å². The van der Waals surface area contributed by atoms with Crippen molar-refractivity contribution < 1.29 is 14.3 Å². The maximum Gasteiger partial charge on any atom is 0.241 e. The van der Waals surface area contributed by atoms with Gasteiger partial charge in [0.15, 0.2) is 0 Å². The number of carbonyl (C=O) groups is 2. The third-order valence-corrected chi connectivity index (χ3v) is 5.76. The second kappa shape index (κ2) is 9.23. The summed E-state index contributed by atoms with van der Waals surface area (Å²) in [4.78, 5) is 31.8. The van der Waals surface area contributed by atoms with Gasteiger partial charge in [0.25, 0.3) is 0 Å². The second-order valence-electron chi connectivity index (χ2n) is 7.73. The highest BCUT2D eigenvalue weighted by Gasteiger charge is 2.36. The third kappa shape index (κ3) is 4.44. The van der Waals surface area contributed by atoms with Crippen LogP contribution in [0, 0.1) is 5.92 Å². The minimum absolute atomic E-state index is 0.0312. The topological polar surface area (TPSA) is 95.6 Å². The summed E-state index contributed by atoms with van der Waals surface area (Å²) in [6.07, 6.45) is 5.77. The fourth-order valence-electron chi connectivity index (χ4n) is 4.11. The Hall–Kier alpha value is -2.97. The van der Waals surface area contributed by atoms with Crippen LogP contribution in [0.1, 0.15) is 30.9 Å². The monoisotopic (exact) mass is 409 g/mol. The first-order valence-corrected chi connectivity index (χ1v) is 10.3. The SMILES string of the molecule is COc1ccccc1NC(=O)C1CCCN(C(=O)C2CC(c3cccnc3)NN2)C1. The highest BCUT2D eigenvalue weighted by molar-refractivity contribution is 5.94. The zero-order chi connectivity index (χ0) is 20.9. The maximum absolute atomic E-state index is 13.1. The minimum Gasteiger partial charge on any atom is -0.495 e. The summed E-state index contributed by atoms with van der Waals surface area (Å²) >= 11 is 0. The van der Waals surface area contributed by atoms with Crippen LogP contribution < -0.4 is 20.9 Å². The van der Waals surface area contributed by atoms with Gasteiger partial charge < -0.3 is 15.0 Å². The number of hydrazine groups is 1. The number of nitrogens with zero attached hydrogens (tertiary/aromatic N) is 2. The first-order chi connectivity index (χ1) is 14.7. The molecule has 0 bridgehead atoms. The van der Waals surface area contributed by atoms with Crippen LogP contribution in [-0.2, 0) is 9.59 Å². The highest BCUT2D eigenvalue weighted by Crippen LogP contribution is 2.27. The number of piperidine rings is 1. The summed E-state index contributed by atoms with van der Waals surface area (Å²) < 4.78 is 5.31. The number of likely N-dealkylation sites (tertiary alicyclic amines) is 1. The standard InChI is InChI=1S/C22H27N5O3/c1-30-20-9-3-2-8-17(20)24-21(28)16-7-5-11-27(14-16)22(29)19-12-18(25-26-19)15-6-4-10-23-13-15/h2-4,6,8-10,13,16,18-19,25-26H,5,7,11-12,14H2,1H3,(H,24,28). The van der Waals surface area contributed by atoms with Crippen molar-refractivity contribution in [1.82, 2.24) is 20.7 Å². The van der Waals surface area contributed by atoms with E-state index in [0.29, 0.717) is 30.9 Å². The van der Waals surface area contributed by atoms with Crippen LogP contribution in [0.25, 0.3) is 0 Å². The van der Waals surface area contributed by atoms with Gasteiger partial charge in [-0.15, -0.1) is 0 Å². The van der Waals surface area contributed by atoms with Crippen molar-refractivity contribution in [2.24, 2.45) is 5.92 Å². The number of amides is 2. The molecule has 2 aliphatic heterocycles. The van der Waals surface area contributed by atoms with Crippen LogP contribution in [0.15, 0.2) is 48.8 Å². The molecule has 4 rings (SSSR count). The molecule has 0 saturated carbocycles. The van der Waals surface area contributed by atoms with Gasteiger partial charge in [0.05, 0.1) is 18.7 Å². The Labute approximate surface area is 176 Å². The van der Waals surface area contributed by atoms with Gasteiger partial charge in [0.2, 0.25) is 11.8 Å². The molecule has 2 saturated heterocycles. The van der Waals surface area contributed by atoms with Crippen LogP contribution in [0.5, 0.6) is 5.75 Å². The lowest BCUT2D eigenvalue weighted by Gasteiger charge is -2.33. The lowest BCUT2D eigenvalue weighted by Crippen LogP contribution is -2.50. The number of anilines is 1. The number of methoxy groups -OCH3 is 1. The predicted molar refractivity (Wildman–Crippen MR) is 113 cm³/mol. The molecule has 3 N–H and O–H groups in total. The Morgan fingerprint density at radius 1 is 1.20 bits per heavy atom. The minimum atomic E-state index is -0.314. The zero-order valence-electron chi connectivity index (χ0n) is 17.0. The number of benzene rings is 1. The number of pyridine rings is 1. The van der Waals surface area contributed by atoms with Crippen molar-refractivity contribution >= 4 is 17.5 Å². The summed E-state index contributed by atoms with van der Waals surface area (Å²) in [5.74, 6) is 0.333. The molecule has 0 spiro atoms. The molecule has 1 aromatic heterocycles. The Bertz CT molecular complexity index is 891. The highest BCUT2D eigenvalue weighted by atomic mass is 16.5. The fraction of sp³-hybridized carbons (Fsp3) is 0.409. The van der Waals surface area contributed by atoms with E-state index in [1.807, 2.05) is 42.6 Å². The van der Waals surface area contributed by atoms with Crippen molar-refractivity contribution in [3.05, 3.63) is 54.4 Å². The Kier molecular flexibility index (Phi) is 6.25. The normalized spacial score (nSPS) is 23.8. The Balaban J connectivity index is 1.35. The van der Waals surface area contributed by atoms with Crippen molar-refractivity contribution in [1.29, 1.82) is 0 Å². The van der Waals surface area contributed by atoms with Gasteiger partial charge in [0.1, 0.15) is 11.8 Å². The molecular formula is C22H27N5O3. The summed E-state index contributed by atoms with van der Waals surface area (Å²) in [6, 6.07) is 11.0. The summed E-state index contributed by atoms with van der Waals surface area (Å²) in [6.45, 7) is 1.10. The molecule has 0 radical (unpaired) electrons. The average Bonchev–Trinajstić information content (AvgIpc) is 3.30. The van der Waals surface area contributed by atoms with E-state index in [0.717, 1.165) is 18.4 Å². The number of aromatic nitrogens is 1. The molecule has 3 atom stereocenters. The van der Waals surface area contributed by atoms with Gasteiger partial charge in [-0.25, -0.2) is 10.9 Å². The van der Waals surface area contributed by atoms with Crippen LogP contribution >= 0.6 is 0 Å². The number of rotatable bonds is 5. The third-order valence-electron chi connectivity index (χ3n) is 5.76. The smallest absolute Gasteiger partial charge is 0.241 e. The number of para-hydroxylation sites is 2. The summed E-state index contributed by atoms with van der Waals surface area (Å²) in [7, 11) is 1.58. The number of hydrogen-bond donors (Lipinski definition) is 3. The molecule has 1 aromatic carbocycles. The Morgan fingerprint density at radius 3 is 2.87 bits per heavy atom. The number of carbonyl (C=O) groups excluding carboxylic acids is 2. The van der Waals surface area contributed by atoms with Crippen LogP contribution in [0.3, 0.4) is 0 Å². The van der Waals surface area contributed by atoms with Gasteiger partial charge in [-0.2, -0.15) is 0 Å². The first-order valence-electron chi connectivity index (χ1n) is 10.3. The van der Waals surface area contributed by atoms with E-state index in [9.17, 15) is 9.59 Å². The molecule has 2 amide bonds. The van der Waals surface area contributed by atoms with Crippen LogP contribution in [-0.4, -0.2) is 47.9 Å². The van der Waals surface area contributed by atoms with Gasteiger partial charge in [-0.05, 0) is 43.0 Å². The quantitative estimate of drug-likeness (QED) is 0.698. The largest absolute Gasteiger partial charge is 0.495 e. The predicted octanol–water partition coefficient (Wildman–Crippen LogP) is 1.88. The first kappa shape index (κ1) is 20.3. The van der Waals surface area contributed by atoms with Crippen LogP contribution in [0.2, 0.25) is 0 Å². The molecule has 2 aromatic rings. The molecule has 158 valence electrons. The zero-order valence-corrected chi connectivity index (χ0v) is 17.0.